The van der Waals surface area contributed by atoms with Gasteiger partial charge in [-0.3, -0.25) is 0 Å². The Labute approximate surface area is 94.1 Å². The molecule has 2 aromatic rings. The third kappa shape index (κ3) is 2.25. The Morgan fingerprint density at radius 2 is 2.13 bits per heavy atom. The van der Waals surface area contributed by atoms with Crippen LogP contribution in [0, 0.1) is 6.92 Å². The molecule has 0 saturated heterocycles. The maximum atomic E-state index is 4.47. The Bertz CT molecular complexity index is 448. The number of aryl methyl sites for hydroxylation is 1. The van der Waals surface area contributed by atoms with Gasteiger partial charge in [-0.1, -0.05) is 24.3 Å². The van der Waals surface area contributed by atoms with Gasteiger partial charge in [-0.2, -0.15) is 4.37 Å². The second-order valence-electron chi connectivity index (χ2n) is 3.52. The van der Waals surface area contributed by atoms with Gasteiger partial charge in [0.05, 0.1) is 5.69 Å². The van der Waals surface area contributed by atoms with Gasteiger partial charge >= 0.3 is 0 Å². The molecular weight excluding hydrogens is 204 g/mol. The van der Waals surface area contributed by atoms with E-state index in [0.717, 1.165) is 12.2 Å². The number of aromatic nitrogens is 1. The van der Waals surface area contributed by atoms with Crippen LogP contribution in [0.25, 0.3) is 11.3 Å². The zero-order valence-electron chi connectivity index (χ0n) is 8.95. The highest BCUT2D eigenvalue weighted by Crippen LogP contribution is 2.24. The number of hydrogen-bond donors (Lipinski definition) is 1. The maximum absolute atomic E-state index is 4.47. The summed E-state index contributed by atoms with van der Waals surface area (Å²) in [6, 6.07) is 10.5. The van der Waals surface area contributed by atoms with E-state index in [9.17, 15) is 0 Å². The highest BCUT2D eigenvalue weighted by atomic mass is 32.1. The Morgan fingerprint density at radius 3 is 2.87 bits per heavy atom. The molecule has 0 amide bonds. The molecule has 15 heavy (non-hydrogen) atoms. The van der Waals surface area contributed by atoms with Crippen LogP contribution in [0.15, 0.2) is 30.3 Å². The van der Waals surface area contributed by atoms with E-state index in [1.54, 1.807) is 11.5 Å². The van der Waals surface area contributed by atoms with Crippen LogP contribution in [0.1, 0.15) is 10.4 Å². The highest BCUT2D eigenvalue weighted by molar-refractivity contribution is 7.06. The smallest absolute Gasteiger partial charge is 0.0846 e. The summed E-state index contributed by atoms with van der Waals surface area (Å²) in [5.74, 6) is 0. The summed E-state index contributed by atoms with van der Waals surface area (Å²) in [6.45, 7) is 3.01. The summed E-state index contributed by atoms with van der Waals surface area (Å²) in [7, 11) is 1.95. The summed E-state index contributed by atoms with van der Waals surface area (Å²) in [5.41, 5.74) is 3.60. The fourth-order valence-electron chi connectivity index (χ4n) is 1.56. The van der Waals surface area contributed by atoms with E-state index < -0.39 is 0 Å². The van der Waals surface area contributed by atoms with E-state index in [1.165, 1.54) is 16.0 Å². The first-order valence-corrected chi connectivity index (χ1v) is 5.75. The molecule has 0 radical (unpaired) electrons. The molecule has 2 nitrogen and oxygen atoms in total. The minimum absolute atomic E-state index is 0.892. The van der Waals surface area contributed by atoms with Crippen molar-refractivity contribution in [2.75, 3.05) is 7.05 Å². The van der Waals surface area contributed by atoms with Crippen LogP contribution in [0.3, 0.4) is 0 Å². The fourth-order valence-corrected chi connectivity index (χ4v) is 2.30. The molecule has 3 heteroatoms. The molecule has 1 aromatic heterocycles. The number of hydrogen-bond acceptors (Lipinski definition) is 3. The summed E-state index contributed by atoms with van der Waals surface area (Å²) >= 11 is 1.57. The van der Waals surface area contributed by atoms with Crippen LogP contribution in [0.4, 0.5) is 0 Å². The Kier molecular flexibility index (Phi) is 3.14. The first-order valence-electron chi connectivity index (χ1n) is 4.97. The quantitative estimate of drug-likeness (QED) is 0.857. The van der Waals surface area contributed by atoms with Gasteiger partial charge in [-0.25, -0.2) is 0 Å². The molecule has 0 aliphatic carbocycles. The number of nitrogens with one attached hydrogen (secondary N) is 1. The molecule has 1 aromatic carbocycles. The third-order valence-corrected chi connectivity index (χ3v) is 3.12. The molecule has 0 bridgehead atoms. The number of rotatable bonds is 3. The van der Waals surface area contributed by atoms with Crippen molar-refractivity contribution < 1.29 is 0 Å². The molecule has 0 aliphatic heterocycles. The highest BCUT2D eigenvalue weighted by Gasteiger charge is 2.05. The predicted octanol–water partition coefficient (Wildman–Crippen LogP) is 2.84. The van der Waals surface area contributed by atoms with E-state index in [4.69, 9.17) is 0 Å². The lowest BCUT2D eigenvalue weighted by Crippen LogP contribution is -2.02. The minimum atomic E-state index is 0.892. The van der Waals surface area contributed by atoms with Crippen molar-refractivity contribution in [3.63, 3.8) is 0 Å². The lowest BCUT2D eigenvalue weighted by Gasteiger charge is -2.00. The molecule has 1 N–H and O–H groups in total. The normalized spacial score (nSPS) is 10.5. The topological polar surface area (TPSA) is 24.9 Å². The summed E-state index contributed by atoms with van der Waals surface area (Å²) in [4.78, 5) is 1.27. The molecule has 0 saturated carbocycles. The average molecular weight is 218 g/mol. The van der Waals surface area contributed by atoms with Gasteiger partial charge in [0.2, 0.25) is 0 Å². The SMILES string of the molecule is CNCc1cc(-c2ccccc2C)ns1. The van der Waals surface area contributed by atoms with E-state index in [-0.39, 0.29) is 0 Å². The van der Waals surface area contributed by atoms with Crippen LogP contribution < -0.4 is 5.32 Å². The molecule has 0 spiro atoms. The zero-order chi connectivity index (χ0) is 10.7. The van der Waals surface area contributed by atoms with Crippen LogP contribution in [0.2, 0.25) is 0 Å². The Morgan fingerprint density at radius 1 is 1.33 bits per heavy atom. The second kappa shape index (κ2) is 4.55. The van der Waals surface area contributed by atoms with Crippen LogP contribution in [0.5, 0.6) is 0 Å². The van der Waals surface area contributed by atoms with Gasteiger partial charge in [0.15, 0.2) is 0 Å². The van der Waals surface area contributed by atoms with E-state index >= 15 is 0 Å². The Balaban J connectivity index is 2.33. The monoisotopic (exact) mass is 218 g/mol. The van der Waals surface area contributed by atoms with Gasteiger partial charge in [0.1, 0.15) is 0 Å². The lowest BCUT2D eigenvalue weighted by atomic mass is 10.1. The van der Waals surface area contributed by atoms with Crippen molar-refractivity contribution >= 4 is 11.5 Å². The fraction of sp³-hybridized carbons (Fsp3) is 0.250. The first kappa shape index (κ1) is 10.3. The van der Waals surface area contributed by atoms with Gasteiger partial charge < -0.3 is 5.32 Å². The predicted molar refractivity (Wildman–Crippen MR) is 65.1 cm³/mol. The van der Waals surface area contributed by atoms with E-state index in [2.05, 4.69) is 46.9 Å². The standard InChI is InChI=1S/C12H14N2S/c1-9-5-3-4-6-11(9)12-7-10(8-13-2)15-14-12/h3-7,13H,8H2,1-2H3. The molecule has 2 rings (SSSR count). The maximum Gasteiger partial charge on any atom is 0.0846 e. The van der Waals surface area contributed by atoms with Crippen molar-refractivity contribution in [2.24, 2.45) is 0 Å². The second-order valence-corrected chi connectivity index (χ2v) is 4.41. The molecule has 0 aliphatic rings. The first-order chi connectivity index (χ1) is 7.31. The van der Waals surface area contributed by atoms with Crippen LogP contribution in [-0.2, 0) is 6.54 Å². The number of nitrogens with zero attached hydrogens (tertiary/aromatic N) is 1. The van der Waals surface area contributed by atoms with E-state index in [0.29, 0.717) is 0 Å². The third-order valence-electron chi connectivity index (χ3n) is 2.33. The average Bonchev–Trinajstić information content (AvgIpc) is 2.68. The van der Waals surface area contributed by atoms with E-state index in [1.807, 2.05) is 7.05 Å². The summed E-state index contributed by atoms with van der Waals surface area (Å²) < 4.78 is 4.47. The molecule has 0 fully saturated rings. The van der Waals surface area contributed by atoms with Crippen molar-refractivity contribution in [3.8, 4) is 11.3 Å². The Hall–Kier alpha value is -1.19. The van der Waals surface area contributed by atoms with Crippen molar-refractivity contribution in [3.05, 3.63) is 40.8 Å². The van der Waals surface area contributed by atoms with Gasteiger partial charge in [-0.05, 0) is 37.1 Å². The summed E-state index contributed by atoms with van der Waals surface area (Å²) in [5, 5.41) is 3.13. The molecule has 78 valence electrons. The van der Waals surface area contributed by atoms with Crippen molar-refractivity contribution in [1.82, 2.24) is 9.69 Å². The van der Waals surface area contributed by atoms with Crippen molar-refractivity contribution in [2.45, 2.75) is 13.5 Å². The molecular formula is C12H14N2S. The molecule has 1 heterocycles. The van der Waals surface area contributed by atoms with Crippen LogP contribution >= 0.6 is 11.5 Å². The summed E-state index contributed by atoms with van der Waals surface area (Å²) in [6.07, 6.45) is 0. The minimum Gasteiger partial charge on any atom is -0.315 e. The van der Waals surface area contributed by atoms with Crippen molar-refractivity contribution in [1.29, 1.82) is 0 Å². The van der Waals surface area contributed by atoms with Gasteiger partial charge in [0.25, 0.3) is 0 Å². The number of benzene rings is 1. The van der Waals surface area contributed by atoms with Gasteiger partial charge in [-0.15, -0.1) is 0 Å². The zero-order valence-corrected chi connectivity index (χ0v) is 9.77. The van der Waals surface area contributed by atoms with Crippen LogP contribution in [-0.4, -0.2) is 11.4 Å². The molecule has 0 unspecified atom stereocenters. The lowest BCUT2D eigenvalue weighted by molar-refractivity contribution is 0.831. The van der Waals surface area contributed by atoms with Gasteiger partial charge in [0, 0.05) is 17.0 Å². The largest absolute Gasteiger partial charge is 0.315 e. The molecule has 0 atom stereocenters.